The molecule has 134 valence electrons. The highest BCUT2D eigenvalue weighted by Gasteiger charge is 2.17. The number of amides is 1. The normalized spacial score (nSPS) is 12.0. The molecule has 0 aliphatic heterocycles. The minimum atomic E-state index is -0.126. The number of nitrogens with zero attached hydrogens (tertiary/aromatic N) is 3. The molecule has 0 fully saturated rings. The maximum atomic E-state index is 12.8. The number of hydrogen-bond donors (Lipinski definition) is 2. The highest BCUT2D eigenvalue weighted by Crippen LogP contribution is 2.26. The molecular formula is C20H23N5O. The van der Waals surface area contributed by atoms with Crippen LogP contribution in [-0.4, -0.2) is 20.7 Å². The Morgan fingerprint density at radius 1 is 1.27 bits per heavy atom. The monoisotopic (exact) mass is 349 g/mol. The van der Waals surface area contributed by atoms with E-state index in [1.807, 2.05) is 57.3 Å². The van der Waals surface area contributed by atoms with Crippen LogP contribution in [0.1, 0.15) is 41.1 Å². The van der Waals surface area contributed by atoms with Crippen LogP contribution in [0.15, 0.2) is 48.7 Å². The molecule has 3 N–H and O–H groups in total. The van der Waals surface area contributed by atoms with Crippen LogP contribution >= 0.6 is 0 Å². The topological polar surface area (TPSA) is 85.8 Å². The molecule has 0 aliphatic carbocycles. The van der Waals surface area contributed by atoms with Gasteiger partial charge in [-0.2, -0.15) is 5.10 Å². The molecule has 0 aliphatic rings. The maximum Gasteiger partial charge on any atom is 0.251 e. The summed E-state index contributed by atoms with van der Waals surface area (Å²) in [6.07, 6.45) is 2.51. The van der Waals surface area contributed by atoms with Gasteiger partial charge >= 0.3 is 0 Å². The van der Waals surface area contributed by atoms with Crippen molar-refractivity contribution in [3.05, 3.63) is 65.6 Å². The zero-order valence-corrected chi connectivity index (χ0v) is 15.2. The minimum absolute atomic E-state index is 0.0928. The Labute approximate surface area is 153 Å². The number of carbonyl (C=O) groups is 1. The molecular weight excluding hydrogens is 326 g/mol. The molecule has 0 spiro atoms. The van der Waals surface area contributed by atoms with E-state index in [4.69, 9.17) is 5.73 Å². The SMILES string of the molecule is CC[C@H](NC(=O)c1cccc(-c2ccc(C)nc2N)c1)c1ccnn1C. The van der Waals surface area contributed by atoms with E-state index in [1.165, 1.54) is 0 Å². The van der Waals surface area contributed by atoms with Crippen molar-refractivity contribution < 1.29 is 4.79 Å². The minimum Gasteiger partial charge on any atom is -0.383 e. The number of benzene rings is 1. The summed E-state index contributed by atoms with van der Waals surface area (Å²) in [6, 6.07) is 13.1. The van der Waals surface area contributed by atoms with Crippen LogP contribution in [0.4, 0.5) is 5.82 Å². The Balaban J connectivity index is 1.85. The van der Waals surface area contributed by atoms with Gasteiger partial charge in [0.1, 0.15) is 5.82 Å². The number of hydrogen-bond acceptors (Lipinski definition) is 4. The number of nitrogens with one attached hydrogen (secondary N) is 1. The first-order chi connectivity index (χ1) is 12.5. The van der Waals surface area contributed by atoms with Gasteiger partial charge in [-0.25, -0.2) is 4.98 Å². The van der Waals surface area contributed by atoms with E-state index in [2.05, 4.69) is 15.4 Å². The highest BCUT2D eigenvalue weighted by molar-refractivity contribution is 5.96. The molecule has 0 unspecified atom stereocenters. The smallest absolute Gasteiger partial charge is 0.251 e. The van der Waals surface area contributed by atoms with Crippen molar-refractivity contribution in [3.8, 4) is 11.1 Å². The molecule has 0 saturated carbocycles. The average Bonchev–Trinajstić information content (AvgIpc) is 3.05. The third-order valence-electron chi connectivity index (χ3n) is 4.43. The second-order valence-electron chi connectivity index (χ2n) is 6.28. The first-order valence-corrected chi connectivity index (χ1v) is 8.62. The van der Waals surface area contributed by atoms with Crippen LogP contribution in [0.5, 0.6) is 0 Å². The Morgan fingerprint density at radius 3 is 2.73 bits per heavy atom. The molecule has 1 aromatic carbocycles. The average molecular weight is 349 g/mol. The molecule has 26 heavy (non-hydrogen) atoms. The Morgan fingerprint density at radius 2 is 2.08 bits per heavy atom. The van der Waals surface area contributed by atoms with Gasteiger partial charge in [-0.15, -0.1) is 0 Å². The van der Waals surface area contributed by atoms with E-state index in [0.717, 1.165) is 28.9 Å². The summed E-state index contributed by atoms with van der Waals surface area (Å²) in [5.74, 6) is 0.336. The Bertz CT molecular complexity index is 931. The van der Waals surface area contributed by atoms with Crippen LogP contribution in [0.2, 0.25) is 0 Å². The second-order valence-corrected chi connectivity index (χ2v) is 6.28. The third-order valence-corrected chi connectivity index (χ3v) is 4.43. The fourth-order valence-corrected chi connectivity index (χ4v) is 3.00. The van der Waals surface area contributed by atoms with Gasteiger partial charge in [-0.1, -0.05) is 19.1 Å². The van der Waals surface area contributed by atoms with E-state index in [1.54, 1.807) is 16.9 Å². The van der Waals surface area contributed by atoms with Gasteiger partial charge in [-0.05, 0) is 49.2 Å². The number of aromatic nitrogens is 3. The number of anilines is 1. The highest BCUT2D eigenvalue weighted by atomic mass is 16.1. The molecule has 3 aromatic rings. The van der Waals surface area contributed by atoms with E-state index < -0.39 is 0 Å². The van der Waals surface area contributed by atoms with Crippen molar-refractivity contribution in [2.45, 2.75) is 26.3 Å². The van der Waals surface area contributed by atoms with Crippen molar-refractivity contribution in [2.24, 2.45) is 7.05 Å². The molecule has 0 bridgehead atoms. The number of carbonyl (C=O) groups excluding carboxylic acids is 1. The number of pyridine rings is 1. The van der Waals surface area contributed by atoms with E-state index in [9.17, 15) is 4.79 Å². The van der Waals surface area contributed by atoms with Gasteiger partial charge in [0.2, 0.25) is 0 Å². The van der Waals surface area contributed by atoms with Crippen LogP contribution in [0.3, 0.4) is 0 Å². The Hall–Kier alpha value is -3.15. The molecule has 1 amide bonds. The van der Waals surface area contributed by atoms with Gasteiger partial charge in [0.15, 0.2) is 0 Å². The standard InChI is InChI=1S/C20H23N5O/c1-4-17(18-10-11-22-25(18)3)24-20(26)15-7-5-6-14(12-15)16-9-8-13(2)23-19(16)21/h5-12,17H,4H2,1-3H3,(H2,21,23)(H,24,26)/t17-/m0/s1. The van der Waals surface area contributed by atoms with Crippen LogP contribution in [-0.2, 0) is 7.05 Å². The largest absolute Gasteiger partial charge is 0.383 e. The molecule has 1 atom stereocenters. The fourth-order valence-electron chi connectivity index (χ4n) is 3.00. The van der Waals surface area contributed by atoms with Crippen LogP contribution in [0.25, 0.3) is 11.1 Å². The van der Waals surface area contributed by atoms with Crippen LogP contribution < -0.4 is 11.1 Å². The molecule has 2 heterocycles. The predicted octanol–water partition coefficient (Wildman–Crippen LogP) is 3.25. The zero-order valence-electron chi connectivity index (χ0n) is 15.2. The first kappa shape index (κ1) is 17.7. The summed E-state index contributed by atoms with van der Waals surface area (Å²) in [4.78, 5) is 17.1. The summed E-state index contributed by atoms with van der Waals surface area (Å²) in [5.41, 5.74) is 10.2. The van der Waals surface area contributed by atoms with E-state index >= 15 is 0 Å². The van der Waals surface area contributed by atoms with E-state index in [-0.39, 0.29) is 11.9 Å². The van der Waals surface area contributed by atoms with Gasteiger partial charge in [0, 0.05) is 30.1 Å². The van der Waals surface area contributed by atoms with E-state index in [0.29, 0.717) is 11.4 Å². The third kappa shape index (κ3) is 3.59. The van der Waals surface area contributed by atoms with Crippen molar-refractivity contribution in [2.75, 3.05) is 5.73 Å². The van der Waals surface area contributed by atoms with Gasteiger partial charge < -0.3 is 11.1 Å². The summed E-state index contributed by atoms with van der Waals surface area (Å²) in [7, 11) is 1.87. The quantitative estimate of drug-likeness (QED) is 0.740. The lowest BCUT2D eigenvalue weighted by Gasteiger charge is -2.17. The zero-order chi connectivity index (χ0) is 18.7. The summed E-state index contributed by atoms with van der Waals surface area (Å²) < 4.78 is 1.78. The maximum absolute atomic E-state index is 12.8. The summed E-state index contributed by atoms with van der Waals surface area (Å²) in [6.45, 7) is 3.93. The predicted molar refractivity (Wildman–Crippen MR) is 103 cm³/mol. The molecule has 0 saturated heterocycles. The Kier molecular flexibility index (Phi) is 5.02. The van der Waals surface area contributed by atoms with Gasteiger partial charge in [0.25, 0.3) is 5.91 Å². The number of nitrogen functional groups attached to an aromatic ring is 1. The molecule has 6 nitrogen and oxygen atoms in total. The number of nitrogens with two attached hydrogens (primary N) is 1. The number of aryl methyl sites for hydroxylation is 2. The van der Waals surface area contributed by atoms with Gasteiger partial charge in [-0.3, -0.25) is 9.48 Å². The fraction of sp³-hybridized carbons (Fsp3) is 0.250. The second kappa shape index (κ2) is 7.39. The number of rotatable bonds is 5. The van der Waals surface area contributed by atoms with Crippen molar-refractivity contribution >= 4 is 11.7 Å². The van der Waals surface area contributed by atoms with Crippen molar-refractivity contribution in [1.29, 1.82) is 0 Å². The molecule has 6 heteroatoms. The lowest BCUT2D eigenvalue weighted by molar-refractivity contribution is 0.0934. The van der Waals surface area contributed by atoms with Crippen molar-refractivity contribution in [3.63, 3.8) is 0 Å². The summed E-state index contributed by atoms with van der Waals surface area (Å²) in [5, 5.41) is 7.26. The summed E-state index contributed by atoms with van der Waals surface area (Å²) >= 11 is 0. The lowest BCUT2D eigenvalue weighted by atomic mass is 10.0. The lowest BCUT2D eigenvalue weighted by Crippen LogP contribution is -2.29. The molecule has 2 aromatic heterocycles. The van der Waals surface area contributed by atoms with Crippen LogP contribution in [0, 0.1) is 6.92 Å². The molecule has 3 rings (SSSR count). The molecule has 0 radical (unpaired) electrons. The van der Waals surface area contributed by atoms with Gasteiger partial charge in [0.05, 0.1) is 11.7 Å². The first-order valence-electron chi connectivity index (χ1n) is 8.62. The van der Waals surface area contributed by atoms with Crippen molar-refractivity contribution in [1.82, 2.24) is 20.1 Å².